The van der Waals surface area contributed by atoms with Crippen molar-refractivity contribution in [3.8, 4) is 0 Å². The van der Waals surface area contributed by atoms with Gasteiger partial charge in [0.15, 0.2) is 0 Å². The average Bonchev–Trinajstić information content (AvgIpc) is 2.54. The Labute approximate surface area is 108 Å². The summed E-state index contributed by atoms with van der Waals surface area (Å²) in [5, 5.41) is 19.3. The molecule has 2 rings (SSSR count). The molecule has 0 bridgehead atoms. The monoisotopic (exact) mass is 257 g/mol. The van der Waals surface area contributed by atoms with Crippen molar-refractivity contribution in [1.29, 1.82) is 0 Å². The fourth-order valence-corrected chi connectivity index (χ4v) is 3.20. The van der Waals surface area contributed by atoms with Gasteiger partial charge < -0.3 is 14.9 Å². The second-order valence-electron chi connectivity index (χ2n) is 6.31. The second kappa shape index (κ2) is 4.38. The van der Waals surface area contributed by atoms with Gasteiger partial charge >= 0.3 is 6.09 Å². The first-order valence-corrected chi connectivity index (χ1v) is 6.61. The summed E-state index contributed by atoms with van der Waals surface area (Å²) in [4.78, 5) is 12.8. The lowest BCUT2D eigenvalue weighted by atomic mass is 9.76. The molecule has 1 aliphatic carbocycles. The van der Waals surface area contributed by atoms with Crippen LogP contribution in [0.3, 0.4) is 0 Å². The van der Waals surface area contributed by atoms with Crippen molar-refractivity contribution in [2.45, 2.75) is 63.8 Å². The molecule has 1 saturated carbocycles. The van der Waals surface area contributed by atoms with Crippen molar-refractivity contribution in [2.24, 2.45) is 5.92 Å². The van der Waals surface area contributed by atoms with Gasteiger partial charge in [0, 0.05) is 0 Å². The highest BCUT2D eigenvalue weighted by atomic mass is 16.5. The number of hydrogen-bond acceptors (Lipinski definition) is 3. The first-order chi connectivity index (χ1) is 8.23. The zero-order valence-corrected chi connectivity index (χ0v) is 11.3. The lowest BCUT2D eigenvalue weighted by molar-refractivity contribution is -0.0466. The number of rotatable bonds is 1. The minimum Gasteiger partial charge on any atom is -0.465 e. The van der Waals surface area contributed by atoms with Crippen LogP contribution in [-0.4, -0.2) is 45.2 Å². The van der Waals surface area contributed by atoms with Crippen LogP contribution in [-0.2, 0) is 4.74 Å². The first kappa shape index (κ1) is 13.6. The van der Waals surface area contributed by atoms with Crippen molar-refractivity contribution in [2.75, 3.05) is 6.61 Å². The van der Waals surface area contributed by atoms with Crippen LogP contribution in [0.5, 0.6) is 0 Å². The van der Waals surface area contributed by atoms with E-state index >= 15 is 0 Å². The van der Waals surface area contributed by atoms with E-state index in [9.17, 15) is 15.0 Å². The molecule has 2 aliphatic rings. The molecule has 0 aromatic carbocycles. The van der Waals surface area contributed by atoms with Gasteiger partial charge in [0.25, 0.3) is 0 Å². The van der Waals surface area contributed by atoms with Crippen molar-refractivity contribution in [3.05, 3.63) is 0 Å². The number of nitrogens with zero attached hydrogens (tertiary/aromatic N) is 1. The first-order valence-electron chi connectivity index (χ1n) is 6.61. The molecule has 0 radical (unpaired) electrons. The van der Waals surface area contributed by atoms with Gasteiger partial charge in [-0.1, -0.05) is 0 Å². The summed E-state index contributed by atoms with van der Waals surface area (Å²) in [6, 6.07) is -0.0754. The molecule has 2 N–H and O–H groups in total. The Kier molecular flexibility index (Phi) is 3.32. The molecular weight excluding hydrogens is 234 g/mol. The van der Waals surface area contributed by atoms with Gasteiger partial charge in [-0.15, -0.1) is 0 Å². The van der Waals surface area contributed by atoms with E-state index in [4.69, 9.17) is 4.74 Å². The highest BCUT2D eigenvalue weighted by Gasteiger charge is 2.48. The van der Waals surface area contributed by atoms with Gasteiger partial charge in [0.05, 0.1) is 18.2 Å². The smallest absolute Gasteiger partial charge is 0.409 e. The fourth-order valence-electron chi connectivity index (χ4n) is 3.20. The topological polar surface area (TPSA) is 70.0 Å². The molecule has 104 valence electrons. The van der Waals surface area contributed by atoms with Gasteiger partial charge in [-0.25, -0.2) is 4.79 Å². The molecule has 18 heavy (non-hydrogen) atoms. The summed E-state index contributed by atoms with van der Waals surface area (Å²) in [7, 11) is 0. The maximum absolute atomic E-state index is 11.4. The van der Waals surface area contributed by atoms with Gasteiger partial charge in [-0.2, -0.15) is 0 Å². The van der Waals surface area contributed by atoms with E-state index in [1.807, 2.05) is 6.92 Å². The summed E-state index contributed by atoms with van der Waals surface area (Å²) in [6.07, 6.45) is 2.28. The Morgan fingerprint density at radius 3 is 2.33 bits per heavy atom. The predicted octanol–water partition coefficient (Wildman–Crippen LogP) is 2.04. The maximum atomic E-state index is 11.4. The minimum absolute atomic E-state index is 0.0754. The number of hydrogen-bond donors (Lipinski definition) is 2. The summed E-state index contributed by atoms with van der Waals surface area (Å²) in [6.45, 7) is 5.90. The summed E-state index contributed by atoms with van der Waals surface area (Å²) in [5.41, 5.74) is -1.32. The molecule has 5 nitrogen and oxygen atoms in total. The second-order valence-corrected chi connectivity index (χ2v) is 6.31. The Balaban J connectivity index is 2.08. The number of ether oxygens (including phenoxy) is 1. The van der Waals surface area contributed by atoms with Crippen molar-refractivity contribution in [3.63, 3.8) is 0 Å². The van der Waals surface area contributed by atoms with Gasteiger partial charge in [0.2, 0.25) is 0 Å². The minimum atomic E-state index is -0.917. The predicted molar refractivity (Wildman–Crippen MR) is 66.3 cm³/mol. The van der Waals surface area contributed by atoms with Crippen LogP contribution in [0, 0.1) is 5.92 Å². The van der Waals surface area contributed by atoms with Crippen LogP contribution < -0.4 is 0 Å². The van der Waals surface area contributed by atoms with Crippen molar-refractivity contribution >= 4 is 6.09 Å². The number of carboxylic acid groups (broad SMARTS) is 1. The number of amides is 1. The van der Waals surface area contributed by atoms with Gasteiger partial charge in [-0.3, -0.25) is 4.90 Å². The molecule has 1 atom stereocenters. The zero-order valence-electron chi connectivity index (χ0n) is 11.3. The highest BCUT2D eigenvalue weighted by Crippen LogP contribution is 2.39. The molecule has 0 aromatic rings. The molecule has 1 aliphatic heterocycles. The van der Waals surface area contributed by atoms with Crippen LogP contribution in [0.4, 0.5) is 4.79 Å². The van der Waals surface area contributed by atoms with Crippen molar-refractivity contribution in [1.82, 2.24) is 4.90 Å². The van der Waals surface area contributed by atoms with Gasteiger partial charge in [-0.05, 0) is 52.4 Å². The highest BCUT2D eigenvalue weighted by molar-refractivity contribution is 5.66. The van der Waals surface area contributed by atoms with Crippen molar-refractivity contribution < 1.29 is 19.7 Å². The lowest BCUT2D eigenvalue weighted by Gasteiger charge is -2.39. The summed E-state index contributed by atoms with van der Waals surface area (Å²) >= 11 is 0. The molecule has 0 spiro atoms. The van der Waals surface area contributed by atoms with Gasteiger partial charge in [0.1, 0.15) is 5.72 Å². The Bertz CT molecular complexity index is 330. The quantitative estimate of drug-likeness (QED) is 0.754. The Morgan fingerprint density at radius 2 is 1.83 bits per heavy atom. The molecule has 1 amide bonds. The molecule has 5 heteroatoms. The lowest BCUT2D eigenvalue weighted by Crippen LogP contribution is -2.50. The number of aliphatic hydroxyl groups is 1. The summed E-state index contributed by atoms with van der Waals surface area (Å²) in [5.74, 6) is 0.295. The zero-order chi connectivity index (χ0) is 13.6. The molecular formula is C13H23NO4. The third-order valence-corrected chi connectivity index (χ3v) is 4.38. The third kappa shape index (κ3) is 2.47. The van der Waals surface area contributed by atoms with Crippen LogP contribution in [0.15, 0.2) is 0 Å². The van der Waals surface area contributed by atoms with E-state index in [2.05, 4.69) is 0 Å². The van der Waals surface area contributed by atoms with E-state index in [1.54, 1.807) is 13.8 Å². The molecule has 0 aromatic heterocycles. The van der Waals surface area contributed by atoms with Crippen LogP contribution in [0.2, 0.25) is 0 Å². The van der Waals surface area contributed by atoms with Crippen LogP contribution >= 0.6 is 0 Å². The Hall–Kier alpha value is -0.810. The molecule has 1 saturated heterocycles. The van der Waals surface area contributed by atoms with E-state index in [-0.39, 0.29) is 6.04 Å². The normalized spacial score (nSPS) is 39.9. The standard InChI is InChI=1S/C13H23NO4/c1-12(2)14(11(15)16)10(8-18-12)9-4-6-13(3,17)7-5-9/h9-10,17H,4-8H2,1-3H3,(H,15,16)/t9?,10-,13?/m1/s1. The van der Waals surface area contributed by atoms with E-state index in [1.165, 1.54) is 4.90 Å². The van der Waals surface area contributed by atoms with Crippen LogP contribution in [0.1, 0.15) is 46.5 Å². The fraction of sp³-hybridized carbons (Fsp3) is 0.923. The van der Waals surface area contributed by atoms with E-state index in [0.717, 1.165) is 25.7 Å². The third-order valence-electron chi connectivity index (χ3n) is 4.38. The molecule has 2 fully saturated rings. The Morgan fingerprint density at radius 1 is 1.28 bits per heavy atom. The van der Waals surface area contributed by atoms with E-state index < -0.39 is 17.4 Å². The average molecular weight is 257 g/mol. The molecule has 0 unspecified atom stereocenters. The van der Waals surface area contributed by atoms with Crippen LogP contribution in [0.25, 0.3) is 0 Å². The SMILES string of the molecule is CC1(O)CCC([C@H]2COC(C)(C)N2C(=O)O)CC1. The summed E-state index contributed by atoms with van der Waals surface area (Å²) < 4.78 is 5.61. The maximum Gasteiger partial charge on any atom is 0.409 e. The largest absolute Gasteiger partial charge is 0.465 e. The molecule has 1 heterocycles. The number of carbonyl (C=O) groups is 1. The van der Waals surface area contributed by atoms with E-state index in [0.29, 0.717) is 12.5 Å².